The van der Waals surface area contributed by atoms with Crippen LogP contribution in [0.25, 0.3) is 0 Å². The van der Waals surface area contributed by atoms with Gasteiger partial charge in [-0.15, -0.1) is 0 Å². The first-order chi connectivity index (χ1) is 15.6. The topological polar surface area (TPSA) is 58.6 Å². The first-order valence-corrected chi connectivity index (χ1v) is 11.6. The average molecular weight is 437 g/mol. The second-order valence-corrected chi connectivity index (χ2v) is 9.23. The van der Waals surface area contributed by atoms with Crippen molar-refractivity contribution in [2.24, 2.45) is 0 Å². The number of carbonyl (C=O) groups excluding carboxylic acids is 2. The van der Waals surface area contributed by atoms with E-state index < -0.39 is 11.5 Å². The van der Waals surface area contributed by atoms with Crippen LogP contribution in [0.4, 0.5) is 4.39 Å². The number of hydrogen-bond donors (Lipinski definition) is 1. The largest absolute Gasteiger partial charge is 0.376 e. The lowest BCUT2D eigenvalue weighted by molar-refractivity contribution is -0.127. The van der Waals surface area contributed by atoms with Gasteiger partial charge < -0.3 is 15.0 Å². The summed E-state index contributed by atoms with van der Waals surface area (Å²) in [6.45, 7) is 1.60. The van der Waals surface area contributed by atoms with E-state index in [2.05, 4.69) is 5.32 Å². The van der Waals surface area contributed by atoms with Crippen LogP contribution in [0, 0.1) is 5.82 Å². The van der Waals surface area contributed by atoms with Crippen molar-refractivity contribution in [2.75, 3.05) is 13.2 Å². The molecule has 2 fully saturated rings. The van der Waals surface area contributed by atoms with Crippen molar-refractivity contribution in [1.82, 2.24) is 10.2 Å². The zero-order chi connectivity index (χ0) is 22.1. The Morgan fingerprint density at radius 3 is 2.56 bits per heavy atom. The number of carbonyl (C=O) groups is 2. The number of amides is 2. The van der Waals surface area contributed by atoms with E-state index in [0.717, 1.165) is 56.3 Å². The number of benzene rings is 2. The molecule has 2 amide bonds. The van der Waals surface area contributed by atoms with E-state index in [1.54, 1.807) is 12.1 Å². The minimum atomic E-state index is -0.524. The predicted molar refractivity (Wildman–Crippen MR) is 119 cm³/mol. The van der Waals surface area contributed by atoms with E-state index in [-0.39, 0.29) is 23.7 Å². The van der Waals surface area contributed by atoms with Crippen molar-refractivity contribution in [3.63, 3.8) is 0 Å². The van der Waals surface area contributed by atoms with E-state index in [9.17, 15) is 14.0 Å². The van der Waals surface area contributed by atoms with Gasteiger partial charge in [0, 0.05) is 25.3 Å². The minimum absolute atomic E-state index is 0.0144. The number of rotatable bonds is 5. The molecule has 1 spiro atoms. The van der Waals surface area contributed by atoms with E-state index in [0.29, 0.717) is 18.7 Å². The lowest BCUT2D eigenvalue weighted by Crippen LogP contribution is -2.62. The molecule has 6 heteroatoms. The van der Waals surface area contributed by atoms with E-state index >= 15 is 0 Å². The molecule has 3 aliphatic rings. The summed E-state index contributed by atoms with van der Waals surface area (Å²) in [7, 11) is 0. The lowest BCUT2D eigenvalue weighted by Gasteiger charge is -2.50. The number of nitrogens with zero attached hydrogens (tertiary/aromatic N) is 1. The molecule has 2 atom stereocenters. The number of ether oxygens (including phenoxy) is 1. The third-order valence-electron chi connectivity index (χ3n) is 7.34. The van der Waals surface area contributed by atoms with Crippen molar-refractivity contribution in [3.05, 3.63) is 71.0 Å². The van der Waals surface area contributed by atoms with Crippen LogP contribution in [0.15, 0.2) is 48.5 Å². The van der Waals surface area contributed by atoms with Gasteiger partial charge in [-0.05, 0) is 55.0 Å². The Morgan fingerprint density at radius 1 is 1.09 bits per heavy atom. The fraction of sp³-hybridized carbons (Fsp3) is 0.462. The summed E-state index contributed by atoms with van der Waals surface area (Å²) in [5, 5.41) is 3.08. The molecule has 168 valence electrons. The minimum Gasteiger partial charge on any atom is -0.376 e. The normalized spacial score (nSPS) is 24.0. The van der Waals surface area contributed by atoms with Gasteiger partial charge in [0.15, 0.2) is 0 Å². The number of halogens is 1. The maximum atomic E-state index is 13.7. The molecule has 2 heterocycles. The highest BCUT2D eigenvalue weighted by atomic mass is 19.1. The molecule has 2 aliphatic heterocycles. The second kappa shape index (κ2) is 8.66. The summed E-state index contributed by atoms with van der Waals surface area (Å²) in [5.41, 5.74) is 1.76. The number of nitrogens with one attached hydrogen (secondary N) is 1. The molecule has 0 bridgehead atoms. The summed E-state index contributed by atoms with van der Waals surface area (Å²) in [4.78, 5) is 29.3. The van der Waals surface area contributed by atoms with Crippen LogP contribution in [-0.4, -0.2) is 41.5 Å². The van der Waals surface area contributed by atoms with Gasteiger partial charge in [-0.1, -0.05) is 43.2 Å². The van der Waals surface area contributed by atoms with Crippen LogP contribution >= 0.6 is 0 Å². The van der Waals surface area contributed by atoms with Gasteiger partial charge in [-0.25, -0.2) is 4.39 Å². The highest BCUT2D eigenvalue weighted by molar-refractivity contribution is 6.02. The van der Waals surface area contributed by atoms with Crippen LogP contribution in [0.3, 0.4) is 0 Å². The van der Waals surface area contributed by atoms with Gasteiger partial charge in [0.05, 0.1) is 17.6 Å². The molecule has 5 nitrogen and oxygen atoms in total. The van der Waals surface area contributed by atoms with Gasteiger partial charge in [-0.2, -0.15) is 0 Å². The van der Waals surface area contributed by atoms with Gasteiger partial charge in [0.25, 0.3) is 5.91 Å². The number of fused-ring (bicyclic) bond motifs is 1. The van der Waals surface area contributed by atoms with Crippen molar-refractivity contribution in [2.45, 2.75) is 62.6 Å². The zero-order valence-corrected chi connectivity index (χ0v) is 18.2. The molecule has 32 heavy (non-hydrogen) atoms. The van der Waals surface area contributed by atoms with E-state index in [1.165, 1.54) is 12.1 Å². The molecule has 2 aromatic carbocycles. The predicted octanol–water partition coefficient (Wildman–Crippen LogP) is 4.17. The third-order valence-corrected chi connectivity index (χ3v) is 7.34. The Kier molecular flexibility index (Phi) is 5.72. The smallest absolute Gasteiger partial charge is 0.254 e. The fourth-order valence-electron chi connectivity index (χ4n) is 5.82. The molecule has 0 radical (unpaired) electrons. The van der Waals surface area contributed by atoms with Crippen molar-refractivity contribution in [1.29, 1.82) is 0 Å². The molecule has 2 aromatic rings. The van der Waals surface area contributed by atoms with Gasteiger partial charge in [0.2, 0.25) is 5.91 Å². The fourth-order valence-corrected chi connectivity index (χ4v) is 5.82. The van der Waals surface area contributed by atoms with E-state index in [4.69, 9.17) is 4.74 Å². The first-order valence-electron chi connectivity index (χ1n) is 11.6. The van der Waals surface area contributed by atoms with Gasteiger partial charge >= 0.3 is 0 Å². The van der Waals surface area contributed by atoms with Gasteiger partial charge in [-0.3, -0.25) is 9.59 Å². The molecule has 1 saturated carbocycles. The van der Waals surface area contributed by atoms with Crippen LogP contribution < -0.4 is 5.32 Å². The Balaban J connectivity index is 1.49. The van der Waals surface area contributed by atoms with Crippen molar-refractivity contribution >= 4 is 11.8 Å². The molecular formula is C26H29FN2O3. The lowest BCUT2D eigenvalue weighted by atomic mass is 9.71. The quantitative estimate of drug-likeness (QED) is 0.765. The van der Waals surface area contributed by atoms with Crippen LogP contribution in [0.5, 0.6) is 0 Å². The molecule has 1 saturated heterocycles. The summed E-state index contributed by atoms with van der Waals surface area (Å²) in [5.74, 6) is -0.788. The second-order valence-electron chi connectivity index (χ2n) is 9.23. The monoisotopic (exact) mass is 436 g/mol. The van der Waals surface area contributed by atoms with Crippen molar-refractivity contribution in [3.8, 4) is 0 Å². The molecule has 5 rings (SSSR count). The Morgan fingerprint density at radius 2 is 1.84 bits per heavy atom. The molecule has 1 N–H and O–H groups in total. The standard InChI is InChI=1S/C26H29FN2O3/c27-19-11-9-18(10-12-19)16-28-24(30)23-21-7-1-2-8-22(21)25(31)29(17-20-6-5-15-32-20)26(23)13-3-4-14-26/h1-2,7-12,20,23H,3-6,13-17H2,(H,28,30)/t20-,23-/m0/s1. The van der Waals surface area contributed by atoms with Crippen molar-refractivity contribution < 1.29 is 18.7 Å². The molecule has 1 aliphatic carbocycles. The van der Waals surface area contributed by atoms with Crippen LogP contribution in [0.1, 0.15) is 65.9 Å². The number of hydrogen-bond acceptors (Lipinski definition) is 3. The Labute approximate surface area is 187 Å². The summed E-state index contributed by atoms with van der Waals surface area (Å²) >= 11 is 0. The Hall–Kier alpha value is -2.73. The average Bonchev–Trinajstić information content (AvgIpc) is 3.49. The molecule has 0 unspecified atom stereocenters. The van der Waals surface area contributed by atoms with Crippen LogP contribution in [0.2, 0.25) is 0 Å². The summed E-state index contributed by atoms with van der Waals surface area (Å²) < 4.78 is 19.1. The molecular weight excluding hydrogens is 407 g/mol. The first kappa shape index (κ1) is 21.1. The maximum absolute atomic E-state index is 13.7. The SMILES string of the molecule is O=C(NCc1ccc(F)cc1)[C@@H]1c2ccccc2C(=O)N(C[C@@H]2CCCO2)C12CCCC2. The third kappa shape index (κ3) is 3.71. The zero-order valence-electron chi connectivity index (χ0n) is 18.2. The highest BCUT2D eigenvalue weighted by Crippen LogP contribution is 2.50. The van der Waals surface area contributed by atoms with Gasteiger partial charge in [0.1, 0.15) is 5.82 Å². The van der Waals surface area contributed by atoms with Crippen LogP contribution in [-0.2, 0) is 16.1 Å². The highest BCUT2D eigenvalue weighted by Gasteiger charge is 2.55. The maximum Gasteiger partial charge on any atom is 0.254 e. The van der Waals surface area contributed by atoms with E-state index in [1.807, 2.05) is 29.2 Å². The summed E-state index contributed by atoms with van der Waals surface area (Å²) in [6.07, 6.45) is 5.62. The Bertz CT molecular complexity index is 994. The molecule has 0 aromatic heterocycles. The summed E-state index contributed by atoms with van der Waals surface area (Å²) in [6, 6.07) is 13.7.